The van der Waals surface area contributed by atoms with E-state index in [2.05, 4.69) is 45.4 Å². The highest BCUT2D eigenvalue weighted by Gasteiger charge is 2.02. The maximum atomic E-state index is 4.55. The number of fused-ring (bicyclic) bond motifs is 1. The van der Waals surface area contributed by atoms with E-state index < -0.39 is 0 Å². The van der Waals surface area contributed by atoms with Gasteiger partial charge >= 0.3 is 0 Å². The highest BCUT2D eigenvalue weighted by molar-refractivity contribution is 5.75. The lowest BCUT2D eigenvalue weighted by atomic mass is 10.2. The van der Waals surface area contributed by atoms with E-state index in [0.717, 1.165) is 29.9 Å². The Bertz CT molecular complexity index is 673. The van der Waals surface area contributed by atoms with Crippen LogP contribution in [0.3, 0.4) is 0 Å². The summed E-state index contributed by atoms with van der Waals surface area (Å²) in [5.74, 6) is 0.962. The van der Waals surface area contributed by atoms with Crippen molar-refractivity contribution >= 4 is 11.0 Å². The molecule has 19 heavy (non-hydrogen) atoms. The third-order valence-electron chi connectivity index (χ3n) is 3.03. The Kier molecular flexibility index (Phi) is 3.25. The molecule has 0 saturated heterocycles. The first-order chi connectivity index (χ1) is 9.31. The van der Waals surface area contributed by atoms with Gasteiger partial charge in [-0.3, -0.25) is 4.98 Å². The zero-order chi connectivity index (χ0) is 13.1. The molecule has 2 heterocycles. The van der Waals surface area contributed by atoms with Crippen molar-refractivity contribution in [3.63, 3.8) is 0 Å². The fraction of sp³-hybridized carbons (Fsp3) is 0.200. The molecule has 2 aromatic heterocycles. The van der Waals surface area contributed by atoms with Crippen LogP contribution in [0.5, 0.6) is 0 Å². The maximum absolute atomic E-state index is 4.55. The lowest BCUT2D eigenvalue weighted by Crippen LogP contribution is -2.13. The van der Waals surface area contributed by atoms with E-state index in [1.165, 1.54) is 11.1 Å². The van der Waals surface area contributed by atoms with E-state index in [1.807, 2.05) is 18.3 Å². The van der Waals surface area contributed by atoms with Crippen LogP contribution in [-0.4, -0.2) is 15.0 Å². The molecule has 0 atom stereocenters. The van der Waals surface area contributed by atoms with Gasteiger partial charge in [0.05, 0.1) is 17.6 Å². The predicted molar refractivity (Wildman–Crippen MR) is 75.6 cm³/mol. The molecule has 0 bridgehead atoms. The van der Waals surface area contributed by atoms with Gasteiger partial charge in [-0.25, -0.2) is 4.98 Å². The number of hydrogen-bond donors (Lipinski definition) is 2. The number of rotatable bonds is 4. The normalized spacial score (nSPS) is 11.0. The minimum atomic E-state index is 0.725. The Morgan fingerprint density at radius 3 is 3.00 bits per heavy atom. The van der Waals surface area contributed by atoms with E-state index in [0.29, 0.717) is 0 Å². The van der Waals surface area contributed by atoms with Gasteiger partial charge in [0, 0.05) is 18.9 Å². The number of imidazole rings is 1. The molecule has 0 amide bonds. The van der Waals surface area contributed by atoms with Crippen LogP contribution in [0.2, 0.25) is 0 Å². The molecule has 0 radical (unpaired) electrons. The predicted octanol–water partition coefficient (Wildman–Crippen LogP) is 2.56. The zero-order valence-corrected chi connectivity index (χ0v) is 10.9. The molecule has 4 nitrogen and oxygen atoms in total. The summed E-state index contributed by atoms with van der Waals surface area (Å²) >= 11 is 0. The second-order valence-electron chi connectivity index (χ2n) is 4.67. The van der Waals surface area contributed by atoms with Gasteiger partial charge in [0.15, 0.2) is 0 Å². The first-order valence-electron chi connectivity index (χ1n) is 6.36. The minimum absolute atomic E-state index is 0.725. The molecule has 2 N–H and O–H groups in total. The van der Waals surface area contributed by atoms with E-state index in [4.69, 9.17) is 0 Å². The van der Waals surface area contributed by atoms with Gasteiger partial charge in [-0.15, -0.1) is 0 Å². The Morgan fingerprint density at radius 2 is 2.16 bits per heavy atom. The molecule has 1 aromatic carbocycles. The third kappa shape index (κ3) is 2.80. The number of nitrogens with zero attached hydrogens (tertiary/aromatic N) is 2. The zero-order valence-electron chi connectivity index (χ0n) is 10.9. The Balaban J connectivity index is 1.65. The summed E-state index contributed by atoms with van der Waals surface area (Å²) in [5.41, 5.74) is 4.53. The van der Waals surface area contributed by atoms with Crippen LogP contribution in [-0.2, 0) is 13.1 Å². The molecular weight excluding hydrogens is 236 g/mol. The molecule has 4 heteroatoms. The Labute approximate surface area is 111 Å². The topological polar surface area (TPSA) is 53.6 Å². The maximum Gasteiger partial charge on any atom is 0.121 e. The van der Waals surface area contributed by atoms with Crippen molar-refractivity contribution in [1.82, 2.24) is 20.3 Å². The molecule has 0 aliphatic carbocycles. The summed E-state index contributed by atoms with van der Waals surface area (Å²) in [6, 6.07) is 10.2. The van der Waals surface area contributed by atoms with E-state index in [-0.39, 0.29) is 0 Å². The van der Waals surface area contributed by atoms with Crippen molar-refractivity contribution in [2.24, 2.45) is 0 Å². The molecule has 0 saturated carbocycles. The molecule has 3 aromatic rings. The quantitative estimate of drug-likeness (QED) is 0.750. The average molecular weight is 252 g/mol. The highest BCUT2D eigenvalue weighted by atomic mass is 15.0. The largest absolute Gasteiger partial charge is 0.341 e. The fourth-order valence-electron chi connectivity index (χ4n) is 2.09. The second kappa shape index (κ2) is 5.20. The second-order valence-corrected chi connectivity index (χ2v) is 4.67. The molecule has 0 fully saturated rings. The lowest BCUT2D eigenvalue weighted by Gasteiger charge is -2.01. The summed E-state index contributed by atoms with van der Waals surface area (Å²) in [6.07, 6.45) is 3.65. The molecule has 0 aliphatic heterocycles. The van der Waals surface area contributed by atoms with Gasteiger partial charge < -0.3 is 10.3 Å². The number of aryl methyl sites for hydroxylation is 1. The van der Waals surface area contributed by atoms with Crippen LogP contribution in [0.25, 0.3) is 11.0 Å². The van der Waals surface area contributed by atoms with Gasteiger partial charge in [0.2, 0.25) is 0 Å². The average Bonchev–Trinajstić information content (AvgIpc) is 2.82. The van der Waals surface area contributed by atoms with Crippen LogP contribution < -0.4 is 5.32 Å². The van der Waals surface area contributed by atoms with Crippen LogP contribution in [0.4, 0.5) is 0 Å². The summed E-state index contributed by atoms with van der Waals surface area (Å²) in [5, 5.41) is 3.36. The number of benzene rings is 1. The molecular formula is C15H16N4. The van der Waals surface area contributed by atoms with E-state index in [9.17, 15) is 0 Å². The van der Waals surface area contributed by atoms with Gasteiger partial charge in [0.25, 0.3) is 0 Å². The fourth-order valence-corrected chi connectivity index (χ4v) is 2.09. The van der Waals surface area contributed by atoms with Crippen LogP contribution >= 0.6 is 0 Å². The smallest absolute Gasteiger partial charge is 0.121 e. The standard InChI is InChI=1S/C15H16N4/c1-11-4-5-13-14(7-11)19-15(18-13)10-17-9-12-3-2-6-16-8-12/h2-8,17H,9-10H2,1H3,(H,18,19). The SMILES string of the molecule is Cc1ccc2nc(CNCc3cccnc3)[nH]c2c1. The summed E-state index contributed by atoms with van der Waals surface area (Å²) in [7, 11) is 0. The first kappa shape index (κ1) is 11.9. The Hall–Kier alpha value is -2.20. The molecule has 0 aliphatic rings. The van der Waals surface area contributed by atoms with Crippen molar-refractivity contribution in [1.29, 1.82) is 0 Å². The third-order valence-corrected chi connectivity index (χ3v) is 3.03. The van der Waals surface area contributed by atoms with Crippen molar-refractivity contribution in [3.8, 4) is 0 Å². The number of aromatic amines is 1. The molecule has 3 rings (SSSR count). The molecule has 96 valence electrons. The van der Waals surface area contributed by atoms with Gasteiger partial charge in [-0.1, -0.05) is 12.1 Å². The van der Waals surface area contributed by atoms with Crippen molar-refractivity contribution < 1.29 is 0 Å². The Morgan fingerprint density at radius 1 is 1.21 bits per heavy atom. The van der Waals surface area contributed by atoms with Gasteiger partial charge in [-0.05, 0) is 36.2 Å². The van der Waals surface area contributed by atoms with Gasteiger partial charge in [0.1, 0.15) is 5.82 Å². The number of H-pyrrole nitrogens is 1. The first-order valence-corrected chi connectivity index (χ1v) is 6.36. The number of hydrogen-bond acceptors (Lipinski definition) is 3. The number of aromatic nitrogens is 3. The molecule has 0 spiro atoms. The number of pyridine rings is 1. The minimum Gasteiger partial charge on any atom is -0.341 e. The summed E-state index contributed by atoms with van der Waals surface area (Å²) < 4.78 is 0. The van der Waals surface area contributed by atoms with Crippen molar-refractivity contribution in [3.05, 3.63) is 59.7 Å². The molecule has 0 unspecified atom stereocenters. The van der Waals surface area contributed by atoms with Gasteiger partial charge in [-0.2, -0.15) is 0 Å². The monoisotopic (exact) mass is 252 g/mol. The van der Waals surface area contributed by atoms with E-state index in [1.54, 1.807) is 6.20 Å². The summed E-state index contributed by atoms with van der Waals surface area (Å²) in [6.45, 7) is 3.60. The van der Waals surface area contributed by atoms with Crippen LogP contribution in [0, 0.1) is 6.92 Å². The van der Waals surface area contributed by atoms with Crippen LogP contribution in [0.1, 0.15) is 17.0 Å². The number of nitrogens with one attached hydrogen (secondary N) is 2. The van der Waals surface area contributed by atoms with Crippen molar-refractivity contribution in [2.75, 3.05) is 0 Å². The van der Waals surface area contributed by atoms with Crippen LogP contribution in [0.15, 0.2) is 42.7 Å². The highest BCUT2D eigenvalue weighted by Crippen LogP contribution is 2.13. The van der Waals surface area contributed by atoms with Crippen molar-refractivity contribution in [2.45, 2.75) is 20.0 Å². The summed E-state index contributed by atoms with van der Waals surface area (Å²) in [4.78, 5) is 12.0. The lowest BCUT2D eigenvalue weighted by molar-refractivity contribution is 0.669. The van der Waals surface area contributed by atoms with E-state index >= 15 is 0 Å².